The third-order valence-electron chi connectivity index (χ3n) is 6.57. The molecule has 0 radical (unpaired) electrons. The maximum atomic E-state index is 13.0. The fraction of sp³-hybridized carbons (Fsp3) is 0.524. The van der Waals surface area contributed by atoms with Gasteiger partial charge in [0, 0.05) is 42.2 Å². The van der Waals surface area contributed by atoms with Crippen LogP contribution in [0, 0.1) is 10.8 Å². The van der Waals surface area contributed by atoms with Gasteiger partial charge in [-0.1, -0.05) is 19.4 Å². The van der Waals surface area contributed by atoms with Crippen LogP contribution >= 0.6 is 0 Å². The van der Waals surface area contributed by atoms with Crippen LogP contribution in [0.25, 0.3) is 0 Å². The van der Waals surface area contributed by atoms with Gasteiger partial charge in [0.05, 0.1) is 13.2 Å². The number of hydrogen-bond donors (Lipinski definition) is 2. The van der Waals surface area contributed by atoms with Crippen molar-refractivity contribution in [3.8, 4) is 0 Å². The molecule has 1 aromatic rings. The summed E-state index contributed by atoms with van der Waals surface area (Å²) in [6.07, 6.45) is 4.95. The summed E-state index contributed by atoms with van der Waals surface area (Å²) in [5, 5.41) is 20.2. The Morgan fingerprint density at radius 2 is 1.63 bits per heavy atom. The van der Waals surface area contributed by atoms with E-state index >= 15 is 0 Å². The van der Waals surface area contributed by atoms with Gasteiger partial charge in [0.15, 0.2) is 0 Å². The Labute approximate surface area is 160 Å². The summed E-state index contributed by atoms with van der Waals surface area (Å²) in [5.41, 5.74) is 0.404. The Hall–Kier alpha value is -2.18. The number of likely N-dealkylation sites (tertiary alicyclic amines) is 1. The first kappa shape index (κ1) is 19.6. The van der Waals surface area contributed by atoms with Crippen molar-refractivity contribution in [1.82, 2.24) is 4.90 Å². The Balaban J connectivity index is 1.80. The van der Waals surface area contributed by atoms with E-state index in [1.54, 1.807) is 36.2 Å². The first-order valence-electron chi connectivity index (χ1n) is 9.43. The van der Waals surface area contributed by atoms with E-state index < -0.39 is 10.8 Å². The number of aliphatic hydroxyl groups is 2. The molecule has 2 fully saturated rings. The fourth-order valence-electron chi connectivity index (χ4n) is 4.75. The van der Waals surface area contributed by atoms with E-state index in [-0.39, 0.29) is 25.0 Å². The monoisotopic (exact) mass is 372 g/mol. The predicted octanol–water partition coefficient (Wildman–Crippen LogP) is 1.82. The number of anilines is 1. The number of nitrogens with zero attached hydrogens (tertiary/aromatic N) is 2. The molecule has 0 aromatic heterocycles. The zero-order chi connectivity index (χ0) is 19.7. The van der Waals surface area contributed by atoms with Crippen LogP contribution < -0.4 is 4.90 Å². The molecule has 0 unspecified atom stereocenters. The van der Waals surface area contributed by atoms with Gasteiger partial charge < -0.3 is 20.0 Å². The second kappa shape index (κ2) is 7.44. The van der Waals surface area contributed by atoms with Gasteiger partial charge in [0.2, 0.25) is 5.91 Å². The van der Waals surface area contributed by atoms with E-state index in [9.17, 15) is 19.8 Å². The highest BCUT2D eigenvalue weighted by molar-refractivity contribution is 6.01. The van der Waals surface area contributed by atoms with Crippen molar-refractivity contribution in [1.29, 1.82) is 0 Å². The Morgan fingerprint density at radius 1 is 1.11 bits per heavy atom. The Kier molecular flexibility index (Phi) is 5.40. The topological polar surface area (TPSA) is 81.1 Å². The molecular weight excluding hydrogens is 344 g/mol. The molecule has 2 aliphatic rings. The lowest BCUT2D eigenvalue weighted by atomic mass is 9.58. The molecule has 0 bridgehead atoms. The van der Waals surface area contributed by atoms with E-state index in [4.69, 9.17) is 0 Å². The van der Waals surface area contributed by atoms with Crippen LogP contribution in [0.4, 0.5) is 5.69 Å². The van der Waals surface area contributed by atoms with Crippen LogP contribution in [0.1, 0.15) is 36.0 Å². The van der Waals surface area contributed by atoms with Crippen molar-refractivity contribution < 1.29 is 19.8 Å². The van der Waals surface area contributed by atoms with Crippen LogP contribution in [0.2, 0.25) is 0 Å². The highest BCUT2D eigenvalue weighted by atomic mass is 16.3. The third kappa shape index (κ3) is 3.17. The lowest BCUT2D eigenvalue weighted by Gasteiger charge is -2.46. The molecule has 27 heavy (non-hydrogen) atoms. The number of fused-ring (bicyclic) bond motifs is 1. The second-order valence-electron chi connectivity index (χ2n) is 7.89. The minimum Gasteiger partial charge on any atom is -0.396 e. The van der Waals surface area contributed by atoms with Crippen LogP contribution in [-0.4, -0.2) is 60.3 Å². The van der Waals surface area contributed by atoms with Crippen molar-refractivity contribution in [2.24, 2.45) is 10.8 Å². The van der Waals surface area contributed by atoms with E-state index in [2.05, 4.69) is 6.58 Å². The highest BCUT2D eigenvalue weighted by Gasteiger charge is 2.58. The molecule has 146 valence electrons. The molecule has 1 heterocycles. The molecule has 1 aromatic carbocycles. The maximum Gasteiger partial charge on any atom is 0.253 e. The van der Waals surface area contributed by atoms with Crippen molar-refractivity contribution in [3.63, 3.8) is 0 Å². The van der Waals surface area contributed by atoms with E-state index in [0.717, 1.165) is 25.7 Å². The van der Waals surface area contributed by atoms with Crippen LogP contribution in [0.5, 0.6) is 0 Å². The average molecular weight is 372 g/mol. The number of carbonyl (C=O) groups excluding carboxylic acids is 2. The van der Waals surface area contributed by atoms with Gasteiger partial charge in [-0.2, -0.15) is 0 Å². The largest absolute Gasteiger partial charge is 0.396 e. The number of aliphatic hydroxyl groups excluding tert-OH is 2. The predicted molar refractivity (Wildman–Crippen MR) is 103 cm³/mol. The van der Waals surface area contributed by atoms with E-state index in [1.165, 1.54) is 11.0 Å². The van der Waals surface area contributed by atoms with Gasteiger partial charge in [-0.3, -0.25) is 9.59 Å². The van der Waals surface area contributed by atoms with Crippen LogP contribution in [-0.2, 0) is 4.79 Å². The first-order valence-corrected chi connectivity index (χ1v) is 9.43. The summed E-state index contributed by atoms with van der Waals surface area (Å²) >= 11 is 0. The smallest absolute Gasteiger partial charge is 0.253 e. The van der Waals surface area contributed by atoms with Crippen molar-refractivity contribution in [3.05, 3.63) is 42.5 Å². The minimum atomic E-state index is -0.411. The Morgan fingerprint density at radius 3 is 2.07 bits per heavy atom. The summed E-state index contributed by atoms with van der Waals surface area (Å²) in [6, 6.07) is 6.90. The Bertz CT molecular complexity index is 710. The zero-order valence-corrected chi connectivity index (χ0v) is 15.9. The third-order valence-corrected chi connectivity index (χ3v) is 6.57. The van der Waals surface area contributed by atoms with Gasteiger partial charge in [-0.25, -0.2) is 0 Å². The minimum absolute atomic E-state index is 0.00919. The number of carbonyl (C=O) groups is 2. The standard InChI is InChI=1S/C21H28N2O4/c1-3-18(26)22(2)17-8-6-16(7-9-17)19(27)23-12-20(14-24)10-4-5-11-21(20,13-23)15-25/h3,6-9,24-25H,1,4-5,10-15H2,2H3/t20-,21+. The van der Waals surface area contributed by atoms with Gasteiger partial charge >= 0.3 is 0 Å². The first-order chi connectivity index (χ1) is 12.9. The molecule has 2 atom stereocenters. The van der Waals surface area contributed by atoms with E-state index in [1.807, 2.05) is 0 Å². The van der Waals surface area contributed by atoms with Gasteiger partial charge in [0.1, 0.15) is 0 Å². The fourth-order valence-corrected chi connectivity index (χ4v) is 4.75. The van der Waals surface area contributed by atoms with Crippen molar-refractivity contribution in [2.45, 2.75) is 25.7 Å². The SMILES string of the molecule is C=CC(=O)N(C)c1ccc(C(=O)N2C[C@]3(CO)CCCC[C@]3(CO)C2)cc1. The molecule has 6 heteroatoms. The molecule has 1 saturated heterocycles. The number of likely N-dealkylation sites (N-methyl/N-ethyl adjacent to an activating group) is 1. The van der Waals surface area contributed by atoms with Crippen molar-refractivity contribution in [2.75, 3.05) is 38.3 Å². The number of benzene rings is 1. The molecule has 3 rings (SSSR count). The molecule has 1 aliphatic heterocycles. The molecular formula is C21H28N2O4. The van der Waals surface area contributed by atoms with Gasteiger partial charge in [-0.15, -0.1) is 0 Å². The van der Waals surface area contributed by atoms with Gasteiger partial charge in [0.25, 0.3) is 5.91 Å². The summed E-state index contributed by atoms with van der Waals surface area (Å²) in [6.45, 7) is 4.40. The molecule has 1 saturated carbocycles. The number of rotatable bonds is 5. The summed E-state index contributed by atoms with van der Waals surface area (Å²) in [5.74, 6) is -0.318. The lowest BCUT2D eigenvalue weighted by Crippen LogP contribution is -2.48. The van der Waals surface area contributed by atoms with Crippen LogP contribution in [0.3, 0.4) is 0 Å². The highest BCUT2D eigenvalue weighted by Crippen LogP contribution is 2.55. The van der Waals surface area contributed by atoms with Crippen LogP contribution in [0.15, 0.2) is 36.9 Å². The van der Waals surface area contributed by atoms with Gasteiger partial charge in [-0.05, 0) is 43.2 Å². The molecule has 2 amide bonds. The molecule has 1 aliphatic carbocycles. The van der Waals surface area contributed by atoms with E-state index in [0.29, 0.717) is 24.3 Å². The summed E-state index contributed by atoms with van der Waals surface area (Å²) in [4.78, 5) is 28.0. The van der Waals surface area contributed by atoms with Crippen molar-refractivity contribution >= 4 is 17.5 Å². The quantitative estimate of drug-likeness (QED) is 0.773. The normalized spacial score (nSPS) is 27.1. The maximum absolute atomic E-state index is 13.0. The molecule has 2 N–H and O–H groups in total. The summed E-state index contributed by atoms with van der Waals surface area (Å²) < 4.78 is 0. The molecule has 0 spiro atoms. The molecule has 6 nitrogen and oxygen atoms in total. The number of hydrogen-bond acceptors (Lipinski definition) is 4. The second-order valence-corrected chi connectivity index (χ2v) is 7.89. The zero-order valence-electron chi connectivity index (χ0n) is 15.9. The lowest BCUT2D eigenvalue weighted by molar-refractivity contribution is -0.113. The number of amides is 2. The summed E-state index contributed by atoms with van der Waals surface area (Å²) in [7, 11) is 1.65. The average Bonchev–Trinajstić information content (AvgIpc) is 3.08.